The number of hydrogen-bond acceptors (Lipinski definition) is 3. The number of carbonyl (C=O) groups excluding carboxylic acids is 1. The molecule has 1 aromatic heterocycles. The van der Waals surface area contributed by atoms with Crippen molar-refractivity contribution in [3.63, 3.8) is 0 Å². The van der Waals surface area contributed by atoms with Crippen molar-refractivity contribution in [1.29, 1.82) is 0 Å². The van der Waals surface area contributed by atoms with Crippen LogP contribution in [0.15, 0.2) is 18.3 Å². The first-order chi connectivity index (χ1) is 6.20. The van der Waals surface area contributed by atoms with Crippen molar-refractivity contribution >= 4 is 11.7 Å². The molecule has 0 saturated heterocycles. The highest BCUT2D eigenvalue weighted by atomic mass is 16.1. The summed E-state index contributed by atoms with van der Waals surface area (Å²) in [5.74, 6) is 0.259. The van der Waals surface area contributed by atoms with E-state index in [0.29, 0.717) is 12.2 Å². The number of hydrogen-bond donors (Lipinski definition) is 2. The number of nitrogens with zero attached hydrogens (tertiary/aromatic N) is 1. The molecule has 0 aliphatic carbocycles. The summed E-state index contributed by atoms with van der Waals surface area (Å²) in [4.78, 5) is 14.4. The van der Waals surface area contributed by atoms with E-state index in [1.165, 1.54) is 0 Å². The molecule has 1 aromatic rings. The van der Waals surface area contributed by atoms with Crippen LogP contribution in [-0.2, 0) is 11.2 Å². The largest absolute Gasteiger partial charge is 0.383 e. The van der Waals surface area contributed by atoms with Crippen molar-refractivity contribution in [1.82, 2.24) is 4.98 Å². The number of nitrogen functional groups attached to an aromatic ring is 1. The monoisotopic (exact) mass is 179 g/mol. The van der Waals surface area contributed by atoms with E-state index in [9.17, 15) is 4.79 Å². The second kappa shape index (κ2) is 4.45. The van der Waals surface area contributed by atoms with Gasteiger partial charge in [-0.3, -0.25) is 4.79 Å². The van der Waals surface area contributed by atoms with E-state index in [0.717, 1.165) is 18.4 Å². The number of primary amides is 1. The van der Waals surface area contributed by atoms with Crippen LogP contribution in [0.25, 0.3) is 0 Å². The van der Waals surface area contributed by atoms with Gasteiger partial charge < -0.3 is 11.5 Å². The number of anilines is 1. The van der Waals surface area contributed by atoms with Crippen LogP contribution in [0.3, 0.4) is 0 Å². The van der Waals surface area contributed by atoms with E-state index in [-0.39, 0.29) is 5.91 Å². The molecule has 0 saturated carbocycles. The van der Waals surface area contributed by atoms with Crippen LogP contribution in [0.1, 0.15) is 18.4 Å². The molecule has 1 heterocycles. The van der Waals surface area contributed by atoms with Gasteiger partial charge in [0.15, 0.2) is 0 Å². The van der Waals surface area contributed by atoms with E-state index in [1.54, 1.807) is 6.20 Å². The molecule has 4 N–H and O–H groups in total. The molecular weight excluding hydrogens is 166 g/mol. The number of carbonyl (C=O) groups is 1. The number of amides is 1. The Kier molecular flexibility index (Phi) is 3.25. The fourth-order valence-electron chi connectivity index (χ4n) is 1.12. The summed E-state index contributed by atoms with van der Waals surface area (Å²) in [5.41, 5.74) is 11.6. The van der Waals surface area contributed by atoms with Crippen molar-refractivity contribution in [3.8, 4) is 0 Å². The van der Waals surface area contributed by atoms with Crippen molar-refractivity contribution < 1.29 is 4.79 Å². The third-order valence-corrected chi connectivity index (χ3v) is 1.80. The van der Waals surface area contributed by atoms with Crippen molar-refractivity contribution in [2.24, 2.45) is 5.73 Å². The molecule has 0 fully saturated rings. The van der Waals surface area contributed by atoms with Gasteiger partial charge in [-0.05, 0) is 24.5 Å². The van der Waals surface area contributed by atoms with Gasteiger partial charge in [-0.1, -0.05) is 6.07 Å². The number of nitrogens with two attached hydrogens (primary N) is 2. The van der Waals surface area contributed by atoms with Gasteiger partial charge in [0, 0.05) is 12.6 Å². The minimum atomic E-state index is -0.275. The smallest absolute Gasteiger partial charge is 0.217 e. The Hall–Kier alpha value is -1.58. The minimum Gasteiger partial charge on any atom is -0.383 e. The zero-order chi connectivity index (χ0) is 9.68. The molecule has 4 heteroatoms. The Labute approximate surface area is 77.0 Å². The average Bonchev–Trinajstić information content (AvgIpc) is 2.08. The van der Waals surface area contributed by atoms with Crippen LogP contribution >= 0.6 is 0 Å². The normalized spacial score (nSPS) is 9.85. The lowest BCUT2D eigenvalue weighted by Gasteiger charge is -2.02. The van der Waals surface area contributed by atoms with Crippen LogP contribution < -0.4 is 11.5 Å². The molecule has 0 spiro atoms. The second-order valence-electron chi connectivity index (χ2n) is 2.87. The SMILES string of the molecule is NC(=O)CCCc1cccnc1N. The molecule has 0 radical (unpaired) electrons. The average molecular weight is 179 g/mol. The molecular formula is C9H13N3O. The number of aromatic nitrogens is 1. The van der Waals surface area contributed by atoms with Gasteiger partial charge in [0.05, 0.1) is 0 Å². The summed E-state index contributed by atoms with van der Waals surface area (Å²) in [6.45, 7) is 0. The summed E-state index contributed by atoms with van der Waals surface area (Å²) in [6.07, 6.45) is 3.52. The lowest BCUT2D eigenvalue weighted by Crippen LogP contribution is -2.10. The third-order valence-electron chi connectivity index (χ3n) is 1.80. The van der Waals surface area contributed by atoms with E-state index in [4.69, 9.17) is 11.5 Å². The predicted octanol–water partition coefficient (Wildman–Crippen LogP) is 0.472. The fraction of sp³-hybridized carbons (Fsp3) is 0.333. The molecule has 13 heavy (non-hydrogen) atoms. The lowest BCUT2D eigenvalue weighted by molar-refractivity contribution is -0.118. The Morgan fingerprint density at radius 1 is 1.54 bits per heavy atom. The van der Waals surface area contributed by atoms with Crippen LogP contribution in [0, 0.1) is 0 Å². The summed E-state index contributed by atoms with van der Waals surface area (Å²) in [5, 5.41) is 0. The highest BCUT2D eigenvalue weighted by Crippen LogP contribution is 2.10. The van der Waals surface area contributed by atoms with E-state index in [1.807, 2.05) is 12.1 Å². The van der Waals surface area contributed by atoms with Crippen LogP contribution in [0.4, 0.5) is 5.82 Å². The Morgan fingerprint density at radius 2 is 2.31 bits per heavy atom. The molecule has 70 valence electrons. The first-order valence-corrected chi connectivity index (χ1v) is 4.18. The zero-order valence-corrected chi connectivity index (χ0v) is 7.36. The molecule has 0 bridgehead atoms. The van der Waals surface area contributed by atoms with E-state index < -0.39 is 0 Å². The maximum Gasteiger partial charge on any atom is 0.217 e. The number of pyridine rings is 1. The molecule has 0 atom stereocenters. The van der Waals surface area contributed by atoms with Gasteiger partial charge in [0.25, 0.3) is 0 Å². The second-order valence-corrected chi connectivity index (χ2v) is 2.87. The van der Waals surface area contributed by atoms with Crippen molar-refractivity contribution in [3.05, 3.63) is 23.9 Å². The van der Waals surface area contributed by atoms with Gasteiger partial charge in [-0.25, -0.2) is 4.98 Å². The summed E-state index contributed by atoms with van der Waals surface area (Å²) in [6, 6.07) is 3.74. The van der Waals surface area contributed by atoms with E-state index in [2.05, 4.69) is 4.98 Å². The van der Waals surface area contributed by atoms with E-state index >= 15 is 0 Å². The Bertz CT molecular complexity index is 299. The summed E-state index contributed by atoms with van der Waals surface area (Å²) < 4.78 is 0. The molecule has 0 aliphatic rings. The topological polar surface area (TPSA) is 82.0 Å². The minimum absolute atomic E-state index is 0.275. The van der Waals surface area contributed by atoms with Gasteiger partial charge in [0.2, 0.25) is 5.91 Å². The standard InChI is InChI=1S/C9H13N3O/c10-8(13)5-1-3-7-4-2-6-12-9(7)11/h2,4,6H,1,3,5H2,(H2,10,13)(H2,11,12). The summed E-state index contributed by atoms with van der Waals surface area (Å²) in [7, 11) is 0. The number of aryl methyl sites for hydroxylation is 1. The maximum absolute atomic E-state index is 10.4. The molecule has 4 nitrogen and oxygen atoms in total. The Balaban J connectivity index is 2.45. The first-order valence-electron chi connectivity index (χ1n) is 4.18. The maximum atomic E-state index is 10.4. The molecule has 0 unspecified atom stereocenters. The van der Waals surface area contributed by atoms with Crippen LogP contribution in [0.2, 0.25) is 0 Å². The summed E-state index contributed by atoms with van der Waals surface area (Å²) >= 11 is 0. The number of rotatable bonds is 4. The molecule has 1 rings (SSSR count). The van der Waals surface area contributed by atoms with Crippen molar-refractivity contribution in [2.45, 2.75) is 19.3 Å². The molecule has 0 aliphatic heterocycles. The zero-order valence-electron chi connectivity index (χ0n) is 7.36. The molecule has 1 amide bonds. The highest BCUT2D eigenvalue weighted by Gasteiger charge is 2.00. The predicted molar refractivity (Wildman–Crippen MR) is 50.8 cm³/mol. The van der Waals surface area contributed by atoms with Gasteiger partial charge in [-0.15, -0.1) is 0 Å². The fourth-order valence-corrected chi connectivity index (χ4v) is 1.12. The lowest BCUT2D eigenvalue weighted by atomic mass is 10.1. The van der Waals surface area contributed by atoms with Crippen molar-refractivity contribution in [2.75, 3.05) is 5.73 Å². The quantitative estimate of drug-likeness (QED) is 0.704. The third kappa shape index (κ3) is 3.11. The molecule has 0 aromatic carbocycles. The highest BCUT2D eigenvalue weighted by molar-refractivity contribution is 5.73. The van der Waals surface area contributed by atoms with Gasteiger partial charge in [0.1, 0.15) is 5.82 Å². The first kappa shape index (κ1) is 9.51. The van der Waals surface area contributed by atoms with Crippen LogP contribution in [0.5, 0.6) is 0 Å². The Morgan fingerprint density at radius 3 is 2.92 bits per heavy atom. The van der Waals surface area contributed by atoms with Gasteiger partial charge in [-0.2, -0.15) is 0 Å². The van der Waals surface area contributed by atoms with Gasteiger partial charge >= 0.3 is 0 Å². The van der Waals surface area contributed by atoms with Crippen LogP contribution in [-0.4, -0.2) is 10.9 Å².